The number of hydrogen-bond donors (Lipinski definition) is 0. The molecule has 20 heavy (non-hydrogen) atoms. The Kier molecular flexibility index (Phi) is 3.33. The van der Waals surface area contributed by atoms with Gasteiger partial charge in [0.05, 0.1) is 0 Å². The maximum atomic E-state index is 13.6. The third-order valence-corrected chi connectivity index (χ3v) is 3.23. The summed E-state index contributed by atoms with van der Waals surface area (Å²) >= 11 is 0. The average Bonchev–Trinajstić information content (AvgIpc) is 2.47. The van der Waals surface area contributed by atoms with Gasteiger partial charge in [0.2, 0.25) is 5.88 Å². The predicted octanol–water partition coefficient (Wildman–Crippen LogP) is 4.26. The molecule has 0 radical (unpaired) electrons. The zero-order valence-electron chi connectivity index (χ0n) is 11.1. The summed E-state index contributed by atoms with van der Waals surface area (Å²) in [5.41, 5.74) is 1.67. The molecule has 0 atom stereocenters. The summed E-state index contributed by atoms with van der Waals surface area (Å²) in [6.07, 6.45) is 1.64. The molecule has 1 heterocycles. The number of halogens is 1. The van der Waals surface area contributed by atoms with Crippen molar-refractivity contribution in [3.63, 3.8) is 0 Å². The minimum atomic E-state index is -0.210. The fourth-order valence-corrected chi connectivity index (χ4v) is 2.12. The van der Waals surface area contributed by atoms with Crippen molar-refractivity contribution in [1.82, 2.24) is 4.98 Å². The first kappa shape index (κ1) is 12.6. The lowest BCUT2D eigenvalue weighted by molar-refractivity contribution is 0.298. The molecule has 0 spiro atoms. The second kappa shape index (κ2) is 5.29. The van der Waals surface area contributed by atoms with Crippen LogP contribution in [0.4, 0.5) is 4.39 Å². The highest BCUT2D eigenvalue weighted by Crippen LogP contribution is 2.26. The van der Waals surface area contributed by atoms with Gasteiger partial charge in [0, 0.05) is 11.6 Å². The standard InChI is InChI=1S/C17H14FNO/c1-12-9-15-14(10-16(12)18)7-8-19-17(15)20-11-13-5-3-2-4-6-13/h2-10H,11H2,1H3. The minimum Gasteiger partial charge on any atom is -0.472 e. The number of aryl methyl sites for hydroxylation is 1. The zero-order chi connectivity index (χ0) is 13.9. The van der Waals surface area contributed by atoms with E-state index in [1.165, 1.54) is 6.07 Å². The highest BCUT2D eigenvalue weighted by atomic mass is 19.1. The third kappa shape index (κ3) is 2.48. The Morgan fingerprint density at radius 3 is 2.70 bits per heavy atom. The van der Waals surface area contributed by atoms with E-state index in [0.717, 1.165) is 16.3 Å². The summed E-state index contributed by atoms with van der Waals surface area (Å²) in [7, 11) is 0. The summed E-state index contributed by atoms with van der Waals surface area (Å²) in [6.45, 7) is 2.19. The highest BCUT2D eigenvalue weighted by Gasteiger charge is 2.07. The highest BCUT2D eigenvalue weighted by molar-refractivity contribution is 5.87. The van der Waals surface area contributed by atoms with Crippen molar-refractivity contribution in [2.75, 3.05) is 0 Å². The maximum Gasteiger partial charge on any atom is 0.221 e. The van der Waals surface area contributed by atoms with Gasteiger partial charge in [-0.05, 0) is 41.6 Å². The largest absolute Gasteiger partial charge is 0.472 e. The molecule has 0 N–H and O–H groups in total. The van der Waals surface area contributed by atoms with Gasteiger partial charge in [-0.2, -0.15) is 0 Å². The van der Waals surface area contributed by atoms with Crippen LogP contribution >= 0.6 is 0 Å². The van der Waals surface area contributed by atoms with Gasteiger partial charge in [0.25, 0.3) is 0 Å². The normalized spacial score (nSPS) is 10.7. The van der Waals surface area contributed by atoms with Crippen LogP contribution in [0.25, 0.3) is 10.8 Å². The van der Waals surface area contributed by atoms with E-state index in [4.69, 9.17) is 4.74 Å². The molecule has 0 aliphatic heterocycles. The van der Waals surface area contributed by atoms with E-state index in [2.05, 4.69) is 4.98 Å². The molecule has 0 saturated heterocycles. The number of ether oxygens (including phenoxy) is 1. The van der Waals surface area contributed by atoms with Crippen molar-refractivity contribution in [2.45, 2.75) is 13.5 Å². The lowest BCUT2D eigenvalue weighted by Crippen LogP contribution is -1.98. The van der Waals surface area contributed by atoms with Crippen molar-refractivity contribution in [3.8, 4) is 5.88 Å². The number of hydrogen-bond acceptors (Lipinski definition) is 2. The Hall–Kier alpha value is -2.42. The molecular formula is C17H14FNO. The van der Waals surface area contributed by atoms with Gasteiger partial charge >= 0.3 is 0 Å². The van der Waals surface area contributed by atoms with Crippen LogP contribution in [0.5, 0.6) is 5.88 Å². The van der Waals surface area contributed by atoms with Crippen LogP contribution in [-0.2, 0) is 6.61 Å². The van der Waals surface area contributed by atoms with Gasteiger partial charge in [-0.15, -0.1) is 0 Å². The molecule has 3 rings (SSSR count). The summed E-state index contributed by atoms with van der Waals surface area (Å²) in [6, 6.07) is 15.0. The number of rotatable bonds is 3. The van der Waals surface area contributed by atoms with Crippen molar-refractivity contribution in [3.05, 3.63) is 71.7 Å². The number of aromatic nitrogens is 1. The van der Waals surface area contributed by atoms with Crippen LogP contribution in [0.3, 0.4) is 0 Å². The molecule has 3 heteroatoms. The van der Waals surface area contributed by atoms with Crippen LogP contribution in [0, 0.1) is 12.7 Å². The number of pyridine rings is 1. The molecule has 1 aromatic heterocycles. The Morgan fingerprint density at radius 2 is 1.90 bits per heavy atom. The van der Waals surface area contributed by atoms with Crippen LogP contribution in [-0.4, -0.2) is 4.98 Å². The molecule has 0 aliphatic rings. The molecule has 0 amide bonds. The van der Waals surface area contributed by atoms with Crippen molar-refractivity contribution < 1.29 is 9.13 Å². The summed E-state index contributed by atoms with van der Waals surface area (Å²) < 4.78 is 19.3. The molecule has 2 aromatic carbocycles. The number of nitrogens with zero attached hydrogens (tertiary/aromatic N) is 1. The van der Waals surface area contributed by atoms with E-state index in [9.17, 15) is 4.39 Å². The summed E-state index contributed by atoms with van der Waals surface area (Å²) in [5.74, 6) is 0.326. The first-order chi connectivity index (χ1) is 9.74. The van der Waals surface area contributed by atoms with Crippen LogP contribution in [0.1, 0.15) is 11.1 Å². The van der Waals surface area contributed by atoms with E-state index in [-0.39, 0.29) is 5.82 Å². The molecule has 0 aliphatic carbocycles. The van der Waals surface area contributed by atoms with Gasteiger partial charge in [-0.25, -0.2) is 9.37 Å². The van der Waals surface area contributed by atoms with Crippen LogP contribution in [0.15, 0.2) is 54.7 Å². The summed E-state index contributed by atoms with van der Waals surface area (Å²) in [5, 5.41) is 1.63. The van der Waals surface area contributed by atoms with E-state index in [1.54, 1.807) is 25.3 Å². The van der Waals surface area contributed by atoms with Gasteiger partial charge < -0.3 is 4.74 Å². The van der Waals surface area contributed by atoms with E-state index >= 15 is 0 Å². The Labute approximate surface area is 116 Å². The molecular weight excluding hydrogens is 253 g/mol. The molecule has 3 aromatic rings. The Bertz CT molecular complexity index is 741. The van der Waals surface area contributed by atoms with Gasteiger partial charge in [0.15, 0.2) is 0 Å². The molecule has 0 unspecified atom stereocenters. The number of fused-ring (bicyclic) bond motifs is 1. The lowest BCUT2D eigenvalue weighted by Gasteiger charge is -2.09. The van der Waals surface area contributed by atoms with Crippen molar-refractivity contribution in [1.29, 1.82) is 0 Å². The van der Waals surface area contributed by atoms with Crippen LogP contribution in [0.2, 0.25) is 0 Å². The molecule has 2 nitrogen and oxygen atoms in total. The number of benzene rings is 2. The molecule has 0 saturated carbocycles. The molecule has 0 bridgehead atoms. The van der Waals surface area contributed by atoms with Crippen molar-refractivity contribution in [2.24, 2.45) is 0 Å². The lowest BCUT2D eigenvalue weighted by atomic mass is 10.1. The monoisotopic (exact) mass is 267 g/mol. The minimum absolute atomic E-state index is 0.210. The average molecular weight is 267 g/mol. The Morgan fingerprint density at radius 1 is 1.10 bits per heavy atom. The smallest absolute Gasteiger partial charge is 0.221 e. The molecule has 100 valence electrons. The van der Waals surface area contributed by atoms with Gasteiger partial charge in [0.1, 0.15) is 12.4 Å². The Balaban J connectivity index is 1.93. The van der Waals surface area contributed by atoms with Crippen molar-refractivity contribution >= 4 is 10.8 Å². The van der Waals surface area contributed by atoms with E-state index in [1.807, 2.05) is 30.3 Å². The van der Waals surface area contributed by atoms with Gasteiger partial charge in [-0.1, -0.05) is 30.3 Å². The predicted molar refractivity (Wildman–Crippen MR) is 77.2 cm³/mol. The fraction of sp³-hybridized carbons (Fsp3) is 0.118. The molecule has 0 fully saturated rings. The van der Waals surface area contributed by atoms with Crippen LogP contribution < -0.4 is 4.74 Å². The van der Waals surface area contributed by atoms with E-state index < -0.39 is 0 Å². The fourth-order valence-electron chi connectivity index (χ4n) is 2.12. The van der Waals surface area contributed by atoms with Gasteiger partial charge in [-0.3, -0.25) is 0 Å². The first-order valence-electron chi connectivity index (χ1n) is 6.45. The summed E-state index contributed by atoms with van der Waals surface area (Å²) in [4.78, 5) is 4.25. The second-order valence-corrected chi connectivity index (χ2v) is 4.71. The third-order valence-electron chi connectivity index (χ3n) is 3.23. The second-order valence-electron chi connectivity index (χ2n) is 4.71. The quantitative estimate of drug-likeness (QED) is 0.707. The topological polar surface area (TPSA) is 22.1 Å². The first-order valence-corrected chi connectivity index (χ1v) is 6.45. The maximum absolute atomic E-state index is 13.6. The SMILES string of the molecule is Cc1cc2c(OCc3ccccc3)nccc2cc1F. The zero-order valence-corrected chi connectivity index (χ0v) is 11.1. The van der Waals surface area contributed by atoms with E-state index in [0.29, 0.717) is 18.1 Å².